The van der Waals surface area contributed by atoms with Crippen LogP contribution in [0.1, 0.15) is 6.92 Å². The van der Waals surface area contributed by atoms with Crippen LogP contribution < -0.4 is 9.47 Å². The number of rotatable bonds is 6. The van der Waals surface area contributed by atoms with E-state index in [-0.39, 0.29) is 17.2 Å². The largest absolute Gasteiger partial charge is 0.508 e. The number of aliphatic hydroxyl groups is 6. The van der Waals surface area contributed by atoms with E-state index in [0.29, 0.717) is 0 Å². The van der Waals surface area contributed by atoms with Crippen LogP contribution in [0.3, 0.4) is 0 Å². The maximum atomic E-state index is 10.2. The van der Waals surface area contributed by atoms with Gasteiger partial charge in [0.2, 0.25) is 6.29 Å². The lowest BCUT2D eigenvalue weighted by Crippen LogP contribution is -2.61. The summed E-state index contributed by atoms with van der Waals surface area (Å²) in [6.45, 7) is 1.08. The molecule has 7 N–H and O–H groups in total. The van der Waals surface area contributed by atoms with Gasteiger partial charge in [-0.3, -0.25) is 0 Å². The fourth-order valence-corrected chi connectivity index (χ4v) is 3.37. The highest BCUT2D eigenvalue weighted by Crippen LogP contribution is 2.34. The Labute approximate surface area is 177 Å². The van der Waals surface area contributed by atoms with Crippen molar-refractivity contribution < 1.29 is 59.4 Å². The molecular weight excluding hydrogens is 420 g/mol. The quantitative estimate of drug-likeness (QED) is 0.241. The summed E-state index contributed by atoms with van der Waals surface area (Å²) in [5.74, 6) is 0.165. The van der Waals surface area contributed by atoms with Crippen LogP contribution in [-0.2, 0) is 14.2 Å². The van der Waals surface area contributed by atoms with Gasteiger partial charge in [0.1, 0.15) is 48.5 Å². The Morgan fingerprint density at radius 2 is 1.45 bits per heavy atom. The summed E-state index contributed by atoms with van der Waals surface area (Å²) in [5.41, 5.74) is 0. The normalized spacial score (nSPS) is 41.0. The summed E-state index contributed by atoms with van der Waals surface area (Å²) in [4.78, 5) is 0. The molecule has 2 aliphatic rings. The third-order valence-electron chi connectivity index (χ3n) is 5.29. The van der Waals surface area contributed by atoms with Gasteiger partial charge in [-0.1, -0.05) is 0 Å². The molecule has 0 bridgehead atoms. The Kier molecular flexibility index (Phi) is 7.57. The number of aliphatic hydroxyl groups excluding tert-OH is 6. The number of phenolic OH excluding ortho intramolecular Hbond substituents is 1. The number of hydrogen-bond acceptors (Lipinski definition) is 12. The molecular formula is C19H28O12. The first-order chi connectivity index (χ1) is 14.6. The molecule has 1 aromatic carbocycles. The van der Waals surface area contributed by atoms with Crippen molar-refractivity contribution in [1.82, 2.24) is 0 Å². The molecule has 176 valence electrons. The molecule has 10 atom stereocenters. The zero-order chi connectivity index (χ0) is 22.9. The highest BCUT2D eigenvalue weighted by atomic mass is 16.7. The highest BCUT2D eigenvalue weighted by Gasteiger charge is 2.47. The van der Waals surface area contributed by atoms with Gasteiger partial charge in [0.05, 0.1) is 19.8 Å². The lowest BCUT2D eigenvalue weighted by molar-refractivity contribution is -0.318. The van der Waals surface area contributed by atoms with E-state index < -0.39 is 68.0 Å². The number of phenols is 1. The molecule has 0 aliphatic carbocycles. The van der Waals surface area contributed by atoms with Crippen LogP contribution >= 0.6 is 0 Å². The third kappa shape index (κ3) is 5.03. The van der Waals surface area contributed by atoms with Gasteiger partial charge in [0.25, 0.3) is 0 Å². The molecule has 2 heterocycles. The van der Waals surface area contributed by atoms with Crippen molar-refractivity contribution in [2.75, 3.05) is 13.7 Å². The SMILES string of the molecule is COc1cc(O)ccc1O[C@@H]1O[C@H](CO[C@@H]2O[C@@H](C)[C@H](O)[C@@H](O)[C@H]2O)[C@@H](O)[C@H](O)[C@H]1O. The molecule has 0 amide bonds. The van der Waals surface area contributed by atoms with E-state index in [9.17, 15) is 35.7 Å². The topological polar surface area (TPSA) is 188 Å². The summed E-state index contributed by atoms with van der Waals surface area (Å²) in [5, 5.41) is 69.9. The predicted molar refractivity (Wildman–Crippen MR) is 100 cm³/mol. The Morgan fingerprint density at radius 1 is 0.806 bits per heavy atom. The summed E-state index contributed by atoms with van der Waals surface area (Å²) < 4.78 is 26.9. The Hall–Kier alpha value is -1.74. The van der Waals surface area contributed by atoms with Gasteiger partial charge in [0.15, 0.2) is 17.8 Å². The van der Waals surface area contributed by atoms with E-state index in [2.05, 4.69) is 0 Å². The Bertz CT molecular complexity index is 732. The number of methoxy groups -OCH3 is 1. The lowest BCUT2D eigenvalue weighted by atomic mass is 9.98. The van der Waals surface area contributed by atoms with E-state index in [1.165, 1.54) is 32.2 Å². The van der Waals surface area contributed by atoms with Crippen LogP contribution in [0.2, 0.25) is 0 Å². The first-order valence-electron chi connectivity index (χ1n) is 9.68. The van der Waals surface area contributed by atoms with Crippen molar-refractivity contribution in [1.29, 1.82) is 0 Å². The van der Waals surface area contributed by atoms with E-state index in [1.807, 2.05) is 0 Å². The molecule has 1 aromatic rings. The van der Waals surface area contributed by atoms with Gasteiger partial charge in [-0.05, 0) is 19.1 Å². The zero-order valence-corrected chi connectivity index (χ0v) is 16.9. The minimum absolute atomic E-state index is 0.0800. The van der Waals surface area contributed by atoms with Crippen LogP contribution in [-0.4, -0.2) is 111 Å². The van der Waals surface area contributed by atoms with Gasteiger partial charge >= 0.3 is 0 Å². The van der Waals surface area contributed by atoms with Crippen molar-refractivity contribution in [3.8, 4) is 17.2 Å². The summed E-state index contributed by atoms with van der Waals surface area (Å²) in [6, 6.07) is 3.97. The molecule has 0 saturated carbocycles. The van der Waals surface area contributed by atoms with Crippen molar-refractivity contribution in [3.63, 3.8) is 0 Å². The van der Waals surface area contributed by atoms with Gasteiger partial charge in [0, 0.05) is 6.07 Å². The average molecular weight is 448 g/mol. The first kappa shape index (κ1) is 23.9. The molecule has 0 radical (unpaired) electrons. The minimum Gasteiger partial charge on any atom is -0.508 e. The monoisotopic (exact) mass is 448 g/mol. The zero-order valence-electron chi connectivity index (χ0n) is 16.9. The van der Waals surface area contributed by atoms with Crippen LogP contribution in [0.4, 0.5) is 0 Å². The molecule has 31 heavy (non-hydrogen) atoms. The maximum absolute atomic E-state index is 10.2. The van der Waals surface area contributed by atoms with Crippen LogP contribution in [0, 0.1) is 0 Å². The Morgan fingerprint density at radius 3 is 2.13 bits per heavy atom. The molecule has 2 aliphatic heterocycles. The molecule has 12 nitrogen and oxygen atoms in total. The van der Waals surface area contributed by atoms with E-state index >= 15 is 0 Å². The average Bonchev–Trinajstić information content (AvgIpc) is 2.75. The summed E-state index contributed by atoms with van der Waals surface area (Å²) in [7, 11) is 1.34. The molecule has 3 rings (SSSR count). The number of aromatic hydroxyl groups is 1. The first-order valence-corrected chi connectivity index (χ1v) is 9.68. The van der Waals surface area contributed by atoms with Gasteiger partial charge in [-0.2, -0.15) is 0 Å². The van der Waals surface area contributed by atoms with Crippen molar-refractivity contribution in [3.05, 3.63) is 18.2 Å². The number of hydrogen-bond donors (Lipinski definition) is 7. The van der Waals surface area contributed by atoms with Crippen molar-refractivity contribution in [2.45, 2.75) is 68.3 Å². The molecule has 2 fully saturated rings. The van der Waals surface area contributed by atoms with Gasteiger partial charge < -0.3 is 59.4 Å². The van der Waals surface area contributed by atoms with Gasteiger partial charge in [-0.25, -0.2) is 0 Å². The standard InChI is InChI=1S/C19H28O12/c1-7-12(21)14(23)16(25)18(29-7)28-6-11-13(22)15(24)17(26)19(31-11)30-9-4-3-8(20)5-10(9)27-2/h3-5,7,11-26H,6H2,1-2H3/t7-,11+,12-,13+,14+,15-,16+,17+,18+,19+/m0/s1. The predicted octanol–water partition coefficient (Wildman–Crippen LogP) is -2.57. The summed E-state index contributed by atoms with van der Waals surface area (Å²) >= 11 is 0. The van der Waals surface area contributed by atoms with E-state index in [4.69, 9.17) is 23.7 Å². The van der Waals surface area contributed by atoms with Crippen LogP contribution in [0.5, 0.6) is 17.2 Å². The fourth-order valence-electron chi connectivity index (χ4n) is 3.37. The van der Waals surface area contributed by atoms with Gasteiger partial charge in [-0.15, -0.1) is 0 Å². The molecule has 12 heteroatoms. The minimum atomic E-state index is -1.65. The number of benzene rings is 1. The van der Waals surface area contributed by atoms with Crippen LogP contribution in [0.15, 0.2) is 18.2 Å². The molecule has 0 aromatic heterocycles. The Balaban J connectivity index is 1.67. The molecule has 0 unspecified atom stereocenters. The number of ether oxygens (including phenoxy) is 5. The second kappa shape index (κ2) is 9.81. The third-order valence-corrected chi connectivity index (χ3v) is 5.29. The molecule has 2 saturated heterocycles. The summed E-state index contributed by atoms with van der Waals surface area (Å²) in [6.07, 6.45) is -14.0. The smallest absolute Gasteiger partial charge is 0.229 e. The van der Waals surface area contributed by atoms with E-state index in [0.717, 1.165) is 0 Å². The highest BCUT2D eigenvalue weighted by molar-refractivity contribution is 5.45. The lowest BCUT2D eigenvalue weighted by Gasteiger charge is -2.42. The van der Waals surface area contributed by atoms with Crippen molar-refractivity contribution >= 4 is 0 Å². The second-order valence-corrected chi connectivity index (χ2v) is 7.48. The second-order valence-electron chi connectivity index (χ2n) is 7.48. The van der Waals surface area contributed by atoms with Crippen molar-refractivity contribution in [2.24, 2.45) is 0 Å². The van der Waals surface area contributed by atoms with E-state index in [1.54, 1.807) is 0 Å². The maximum Gasteiger partial charge on any atom is 0.229 e. The van der Waals surface area contributed by atoms with Crippen LogP contribution in [0.25, 0.3) is 0 Å². The molecule has 0 spiro atoms. The fraction of sp³-hybridized carbons (Fsp3) is 0.684.